The van der Waals surface area contributed by atoms with E-state index in [1.807, 2.05) is 0 Å². The van der Waals surface area contributed by atoms with Gasteiger partial charge in [0.1, 0.15) is 5.57 Å². The van der Waals surface area contributed by atoms with Crippen LogP contribution in [-0.4, -0.2) is 31.1 Å². The number of nitrogens with zero attached hydrogens (tertiary/aromatic N) is 1. The molecule has 0 unspecified atom stereocenters. The van der Waals surface area contributed by atoms with Gasteiger partial charge in [-0.2, -0.15) is 13.2 Å². The number of carbonyl (C=O) groups excluding carboxylic acids is 2. The van der Waals surface area contributed by atoms with Crippen LogP contribution >= 0.6 is 23.2 Å². The van der Waals surface area contributed by atoms with Gasteiger partial charge in [0.15, 0.2) is 5.75 Å². The zero-order chi connectivity index (χ0) is 24.2. The molecule has 0 aromatic heterocycles. The number of hydrogen-bond acceptors (Lipinski definition) is 7. The second-order valence-electron chi connectivity index (χ2n) is 5.89. The van der Waals surface area contributed by atoms with Crippen LogP contribution in [0.15, 0.2) is 35.9 Å². The first kappa shape index (κ1) is 25.0. The highest BCUT2D eigenvalue weighted by molar-refractivity contribution is 6.36. The number of halogens is 5. The molecule has 0 aliphatic heterocycles. The maximum Gasteiger partial charge on any atom is 0.416 e. The average molecular weight is 494 g/mol. The Morgan fingerprint density at radius 1 is 1.06 bits per heavy atom. The quantitative estimate of drug-likeness (QED) is 0.132. The van der Waals surface area contributed by atoms with E-state index in [0.717, 1.165) is 26.4 Å². The van der Waals surface area contributed by atoms with Gasteiger partial charge < -0.3 is 14.2 Å². The maximum atomic E-state index is 12.9. The van der Waals surface area contributed by atoms with Crippen LogP contribution in [0.25, 0.3) is 6.08 Å². The summed E-state index contributed by atoms with van der Waals surface area (Å²) >= 11 is 12.1. The van der Waals surface area contributed by atoms with Crippen molar-refractivity contribution in [2.45, 2.75) is 6.18 Å². The molecule has 0 aliphatic rings. The van der Waals surface area contributed by atoms with Crippen LogP contribution in [0.4, 0.5) is 18.9 Å². The van der Waals surface area contributed by atoms with Gasteiger partial charge in [0.05, 0.1) is 29.7 Å². The van der Waals surface area contributed by atoms with E-state index in [1.165, 1.54) is 12.1 Å². The summed E-state index contributed by atoms with van der Waals surface area (Å²) in [6, 6.07) is 3.99. The Hall–Kier alpha value is -3.31. The molecule has 8 nitrogen and oxygen atoms in total. The number of benzene rings is 2. The van der Waals surface area contributed by atoms with Crippen LogP contribution in [0.5, 0.6) is 11.5 Å². The van der Waals surface area contributed by atoms with Crippen LogP contribution in [0, 0.1) is 10.1 Å². The lowest BCUT2D eigenvalue weighted by Crippen LogP contribution is -2.15. The first-order valence-corrected chi connectivity index (χ1v) is 9.05. The van der Waals surface area contributed by atoms with Gasteiger partial charge in [0.2, 0.25) is 5.75 Å². The molecule has 0 saturated carbocycles. The van der Waals surface area contributed by atoms with Crippen molar-refractivity contribution in [1.82, 2.24) is 0 Å². The summed E-state index contributed by atoms with van der Waals surface area (Å²) in [6.45, 7) is 0. The molecule has 0 atom stereocenters. The van der Waals surface area contributed by atoms with Gasteiger partial charge in [-0.1, -0.05) is 23.2 Å². The lowest BCUT2D eigenvalue weighted by Gasteiger charge is -2.14. The summed E-state index contributed by atoms with van der Waals surface area (Å²) in [6.07, 6.45) is -3.88. The van der Waals surface area contributed by atoms with Gasteiger partial charge in [0.25, 0.3) is 0 Å². The largest absolute Gasteiger partial charge is 0.465 e. The molecule has 0 N–H and O–H groups in total. The summed E-state index contributed by atoms with van der Waals surface area (Å²) in [5.41, 5.74) is -2.97. The van der Waals surface area contributed by atoms with Gasteiger partial charge in [-0.3, -0.25) is 10.1 Å². The molecule has 2 aromatic rings. The topological polar surface area (TPSA) is 105 Å². The zero-order valence-electron chi connectivity index (χ0n) is 16.2. The molecule has 0 radical (unpaired) electrons. The van der Waals surface area contributed by atoms with Crippen molar-refractivity contribution in [1.29, 1.82) is 0 Å². The predicted molar refractivity (Wildman–Crippen MR) is 107 cm³/mol. The first-order valence-electron chi connectivity index (χ1n) is 8.29. The number of ether oxygens (including phenoxy) is 3. The van der Waals surface area contributed by atoms with E-state index in [-0.39, 0.29) is 21.4 Å². The maximum absolute atomic E-state index is 12.9. The van der Waals surface area contributed by atoms with Crippen molar-refractivity contribution in [2.75, 3.05) is 14.2 Å². The first-order chi connectivity index (χ1) is 14.9. The minimum atomic E-state index is -4.83. The number of hydrogen-bond donors (Lipinski definition) is 0. The Balaban J connectivity index is 2.68. The van der Waals surface area contributed by atoms with E-state index in [9.17, 15) is 32.9 Å². The number of methoxy groups -OCH3 is 2. The van der Waals surface area contributed by atoms with Crippen molar-refractivity contribution in [3.05, 3.63) is 67.2 Å². The van der Waals surface area contributed by atoms with Crippen LogP contribution in [0.2, 0.25) is 10.0 Å². The molecular weight excluding hydrogens is 482 g/mol. The number of nitro groups is 1. The third-order valence-corrected chi connectivity index (χ3v) is 4.34. The molecule has 0 aliphatic carbocycles. The molecule has 0 amide bonds. The highest BCUT2D eigenvalue weighted by atomic mass is 35.5. The van der Waals surface area contributed by atoms with E-state index >= 15 is 0 Å². The highest BCUT2D eigenvalue weighted by Crippen LogP contribution is 2.42. The van der Waals surface area contributed by atoms with Gasteiger partial charge in [-0.05, 0) is 30.3 Å². The van der Waals surface area contributed by atoms with Crippen molar-refractivity contribution in [3.63, 3.8) is 0 Å². The minimum absolute atomic E-state index is 0.0320. The standard InChI is InChI=1S/C19H12Cl2F3NO7/c1-30-17(26)12(18(27)31-2)6-9-5-11(20)8-13(21)16(9)32-15-4-3-10(19(22,23)24)7-14(15)25(28)29/h3-8H,1-2H3. The van der Waals surface area contributed by atoms with E-state index in [2.05, 4.69) is 9.47 Å². The molecule has 0 spiro atoms. The summed E-state index contributed by atoms with van der Waals surface area (Å²) in [5.74, 6) is -3.08. The smallest absolute Gasteiger partial charge is 0.416 e. The average Bonchev–Trinajstić information content (AvgIpc) is 2.72. The van der Waals surface area contributed by atoms with Crippen molar-refractivity contribution < 1.29 is 41.9 Å². The Morgan fingerprint density at radius 2 is 1.66 bits per heavy atom. The second kappa shape index (κ2) is 9.88. The van der Waals surface area contributed by atoms with Crippen molar-refractivity contribution in [3.8, 4) is 11.5 Å². The summed E-state index contributed by atoms with van der Waals surface area (Å²) in [7, 11) is 2.01. The highest BCUT2D eigenvalue weighted by Gasteiger charge is 2.33. The van der Waals surface area contributed by atoms with Crippen LogP contribution in [0.3, 0.4) is 0 Å². The Morgan fingerprint density at radius 3 is 2.16 bits per heavy atom. The molecular formula is C19H12Cl2F3NO7. The molecule has 0 heterocycles. The second-order valence-corrected chi connectivity index (χ2v) is 6.73. The van der Waals surface area contributed by atoms with Crippen molar-refractivity contribution >= 4 is 46.9 Å². The molecule has 0 fully saturated rings. The molecule has 0 bridgehead atoms. The molecule has 2 aromatic carbocycles. The third kappa shape index (κ3) is 5.68. The van der Waals surface area contributed by atoms with Gasteiger partial charge >= 0.3 is 23.8 Å². The zero-order valence-corrected chi connectivity index (χ0v) is 17.7. The van der Waals surface area contributed by atoms with E-state index in [4.69, 9.17) is 27.9 Å². The Kier molecular flexibility index (Phi) is 7.70. The van der Waals surface area contributed by atoms with E-state index in [1.54, 1.807) is 0 Å². The molecule has 0 saturated heterocycles. The lowest BCUT2D eigenvalue weighted by atomic mass is 10.1. The fraction of sp³-hybridized carbons (Fsp3) is 0.158. The fourth-order valence-electron chi connectivity index (χ4n) is 2.40. The summed E-state index contributed by atoms with van der Waals surface area (Å²) in [4.78, 5) is 34.1. The Labute approximate surface area is 188 Å². The Bertz CT molecular complexity index is 1100. The fourth-order valence-corrected chi connectivity index (χ4v) is 2.95. The number of nitro benzene ring substituents is 1. The molecule has 2 rings (SSSR count). The van der Waals surface area contributed by atoms with Gasteiger partial charge in [-0.25, -0.2) is 9.59 Å². The minimum Gasteiger partial charge on any atom is -0.465 e. The predicted octanol–water partition coefficient (Wildman–Crippen LogP) is 5.44. The van der Waals surface area contributed by atoms with Crippen LogP contribution < -0.4 is 4.74 Å². The monoisotopic (exact) mass is 493 g/mol. The van der Waals surface area contributed by atoms with E-state index in [0.29, 0.717) is 12.1 Å². The van der Waals surface area contributed by atoms with Crippen LogP contribution in [-0.2, 0) is 25.2 Å². The van der Waals surface area contributed by atoms with E-state index < -0.39 is 45.6 Å². The normalized spacial score (nSPS) is 10.8. The SMILES string of the molecule is COC(=O)C(=Cc1cc(Cl)cc(Cl)c1Oc1ccc(C(F)(F)F)cc1[N+](=O)[O-])C(=O)OC. The summed E-state index contributed by atoms with van der Waals surface area (Å²) in [5, 5.41) is 11.1. The number of rotatable bonds is 6. The van der Waals surface area contributed by atoms with Gasteiger partial charge in [0, 0.05) is 16.7 Å². The third-order valence-electron chi connectivity index (χ3n) is 3.84. The van der Waals surface area contributed by atoms with Crippen molar-refractivity contribution in [2.24, 2.45) is 0 Å². The number of alkyl halides is 3. The van der Waals surface area contributed by atoms with Gasteiger partial charge in [-0.15, -0.1) is 0 Å². The van der Waals surface area contributed by atoms with Crippen LogP contribution in [0.1, 0.15) is 11.1 Å². The molecule has 32 heavy (non-hydrogen) atoms. The lowest BCUT2D eigenvalue weighted by molar-refractivity contribution is -0.385. The number of esters is 2. The number of carbonyl (C=O) groups is 2. The molecule has 170 valence electrons. The molecule has 13 heteroatoms. The summed E-state index contributed by atoms with van der Waals surface area (Å²) < 4.78 is 53.2.